The van der Waals surface area contributed by atoms with Crippen LogP contribution >= 0.6 is 0 Å². The fraction of sp³-hybridized carbons (Fsp3) is 0.143. The standard InChI is InChI=1S/C21H20N6O3/c1-2-27-18(9-11-23-27)20(28)24-15-5-3-6-16(13-15)25-21(29)19-8-7-17(30-19)14-26-12-4-10-22-26/h3-13H,2,14H2,1H3,(H,24,28)(H,25,29). The van der Waals surface area contributed by atoms with Crippen LogP contribution in [0.5, 0.6) is 0 Å². The Morgan fingerprint density at radius 3 is 2.50 bits per heavy atom. The second-order valence-corrected chi connectivity index (χ2v) is 6.49. The molecule has 0 aliphatic rings. The summed E-state index contributed by atoms with van der Waals surface area (Å²) in [5.74, 6) is 0.164. The number of anilines is 2. The third-order valence-electron chi connectivity index (χ3n) is 4.39. The number of aryl methyl sites for hydroxylation is 1. The molecule has 0 unspecified atom stereocenters. The lowest BCUT2D eigenvalue weighted by atomic mass is 10.2. The van der Waals surface area contributed by atoms with Crippen LogP contribution in [0, 0.1) is 0 Å². The Morgan fingerprint density at radius 1 is 0.967 bits per heavy atom. The molecule has 152 valence electrons. The highest BCUT2D eigenvalue weighted by molar-refractivity contribution is 6.05. The van der Waals surface area contributed by atoms with Crippen molar-refractivity contribution in [3.8, 4) is 0 Å². The van der Waals surface area contributed by atoms with E-state index < -0.39 is 0 Å². The molecule has 0 aliphatic heterocycles. The molecule has 2 amide bonds. The summed E-state index contributed by atoms with van der Waals surface area (Å²) in [6.07, 6.45) is 5.08. The first kappa shape index (κ1) is 19.2. The zero-order chi connectivity index (χ0) is 20.9. The molecule has 1 aromatic carbocycles. The summed E-state index contributed by atoms with van der Waals surface area (Å²) in [7, 11) is 0. The summed E-state index contributed by atoms with van der Waals surface area (Å²) < 4.78 is 8.92. The van der Waals surface area contributed by atoms with Gasteiger partial charge in [-0.1, -0.05) is 6.07 Å². The van der Waals surface area contributed by atoms with Gasteiger partial charge in [-0.05, 0) is 49.4 Å². The van der Waals surface area contributed by atoms with Gasteiger partial charge in [-0.25, -0.2) is 0 Å². The Hall–Kier alpha value is -4.14. The predicted molar refractivity (Wildman–Crippen MR) is 110 cm³/mol. The van der Waals surface area contributed by atoms with Crippen molar-refractivity contribution in [1.29, 1.82) is 0 Å². The van der Waals surface area contributed by atoms with Crippen molar-refractivity contribution in [2.75, 3.05) is 10.6 Å². The summed E-state index contributed by atoms with van der Waals surface area (Å²) >= 11 is 0. The summed E-state index contributed by atoms with van der Waals surface area (Å²) in [6, 6.07) is 13.7. The van der Waals surface area contributed by atoms with Gasteiger partial charge in [0, 0.05) is 36.5 Å². The molecule has 0 bridgehead atoms. The Labute approximate surface area is 172 Å². The normalized spacial score (nSPS) is 10.7. The second kappa shape index (κ2) is 8.48. The molecule has 0 aliphatic carbocycles. The van der Waals surface area contributed by atoms with E-state index >= 15 is 0 Å². The van der Waals surface area contributed by atoms with Crippen molar-refractivity contribution in [3.05, 3.63) is 84.3 Å². The van der Waals surface area contributed by atoms with Crippen LogP contribution < -0.4 is 10.6 Å². The van der Waals surface area contributed by atoms with Gasteiger partial charge in [0.1, 0.15) is 11.5 Å². The van der Waals surface area contributed by atoms with Crippen LogP contribution in [0.25, 0.3) is 0 Å². The molecule has 9 heteroatoms. The van der Waals surface area contributed by atoms with Crippen LogP contribution in [0.4, 0.5) is 11.4 Å². The molecular formula is C21H20N6O3. The van der Waals surface area contributed by atoms with Gasteiger partial charge in [0.2, 0.25) is 0 Å². The lowest BCUT2D eigenvalue weighted by Crippen LogP contribution is -2.17. The number of amides is 2. The van der Waals surface area contributed by atoms with Crippen molar-refractivity contribution in [2.45, 2.75) is 20.0 Å². The van der Waals surface area contributed by atoms with Crippen molar-refractivity contribution in [1.82, 2.24) is 19.6 Å². The molecule has 3 aromatic heterocycles. The SMILES string of the molecule is CCn1nccc1C(=O)Nc1cccc(NC(=O)c2ccc(Cn3cccn3)o2)c1. The lowest BCUT2D eigenvalue weighted by molar-refractivity contribution is 0.0992. The van der Waals surface area contributed by atoms with Crippen molar-refractivity contribution in [2.24, 2.45) is 0 Å². The van der Waals surface area contributed by atoms with E-state index in [9.17, 15) is 9.59 Å². The molecule has 30 heavy (non-hydrogen) atoms. The Bertz CT molecular complexity index is 1160. The number of rotatable bonds is 7. The average molecular weight is 404 g/mol. The summed E-state index contributed by atoms with van der Waals surface area (Å²) in [5.41, 5.74) is 1.56. The number of hydrogen-bond acceptors (Lipinski definition) is 5. The highest BCUT2D eigenvalue weighted by Crippen LogP contribution is 2.18. The molecule has 9 nitrogen and oxygen atoms in total. The average Bonchev–Trinajstić information content (AvgIpc) is 3.50. The second-order valence-electron chi connectivity index (χ2n) is 6.49. The Balaban J connectivity index is 1.41. The molecule has 0 spiro atoms. The highest BCUT2D eigenvalue weighted by atomic mass is 16.4. The summed E-state index contributed by atoms with van der Waals surface area (Å²) in [5, 5.41) is 13.8. The lowest BCUT2D eigenvalue weighted by Gasteiger charge is -2.09. The zero-order valence-corrected chi connectivity index (χ0v) is 16.3. The molecule has 4 aromatic rings. The van der Waals surface area contributed by atoms with Gasteiger partial charge in [0.25, 0.3) is 11.8 Å². The monoisotopic (exact) mass is 404 g/mol. The number of carbonyl (C=O) groups is 2. The topological polar surface area (TPSA) is 107 Å². The molecule has 0 atom stereocenters. The van der Waals surface area contributed by atoms with E-state index in [1.54, 1.807) is 64.2 Å². The van der Waals surface area contributed by atoms with Gasteiger partial charge in [-0.15, -0.1) is 0 Å². The summed E-state index contributed by atoms with van der Waals surface area (Å²) in [6.45, 7) is 2.95. The fourth-order valence-electron chi connectivity index (χ4n) is 2.98. The van der Waals surface area contributed by atoms with Crippen LogP contribution in [0.2, 0.25) is 0 Å². The molecule has 0 saturated carbocycles. The van der Waals surface area contributed by atoms with Crippen LogP contribution in [0.3, 0.4) is 0 Å². The molecule has 3 heterocycles. The van der Waals surface area contributed by atoms with Crippen LogP contribution in [0.15, 0.2) is 71.5 Å². The number of furan rings is 1. The predicted octanol–water partition coefficient (Wildman–Crippen LogP) is 3.25. The number of aromatic nitrogens is 4. The maximum atomic E-state index is 12.5. The molecule has 0 saturated heterocycles. The van der Waals surface area contributed by atoms with E-state index in [0.717, 1.165) is 0 Å². The minimum atomic E-state index is -0.380. The van der Waals surface area contributed by atoms with Crippen molar-refractivity contribution in [3.63, 3.8) is 0 Å². The van der Waals surface area contributed by atoms with Gasteiger partial charge in [0.05, 0.1) is 6.54 Å². The van der Waals surface area contributed by atoms with E-state index in [1.807, 2.05) is 19.2 Å². The van der Waals surface area contributed by atoms with Gasteiger partial charge in [0.15, 0.2) is 5.76 Å². The number of carbonyl (C=O) groups excluding carboxylic acids is 2. The first-order valence-electron chi connectivity index (χ1n) is 9.43. The minimum absolute atomic E-state index is 0.193. The third kappa shape index (κ3) is 4.30. The molecule has 2 N–H and O–H groups in total. The number of nitrogens with one attached hydrogen (secondary N) is 2. The van der Waals surface area contributed by atoms with E-state index in [1.165, 1.54) is 0 Å². The minimum Gasteiger partial charge on any atom is -0.454 e. The smallest absolute Gasteiger partial charge is 0.291 e. The third-order valence-corrected chi connectivity index (χ3v) is 4.39. The van der Waals surface area contributed by atoms with E-state index in [2.05, 4.69) is 20.8 Å². The van der Waals surface area contributed by atoms with Crippen LogP contribution in [-0.4, -0.2) is 31.4 Å². The molecule has 4 rings (SSSR count). The van der Waals surface area contributed by atoms with Gasteiger partial charge >= 0.3 is 0 Å². The number of hydrogen-bond donors (Lipinski definition) is 2. The zero-order valence-electron chi connectivity index (χ0n) is 16.3. The molecular weight excluding hydrogens is 384 g/mol. The fourth-order valence-corrected chi connectivity index (χ4v) is 2.98. The van der Waals surface area contributed by atoms with Gasteiger partial charge in [-0.3, -0.25) is 19.0 Å². The Morgan fingerprint density at radius 2 is 1.77 bits per heavy atom. The number of benzene rings is 1. The maximum absolute atomic E-state index is 12.5. The Kier molecular flexibility index (Phi) is 5.42. The first-order valence-corrected chi connectivity index (χ1v) is 9.43. The van der Waals surface area contributed by atoms with E-state index in [-0.39, 0.29) is 17.6 Å². The van der Waals surface area contributed by atoms with E-state index in [0.29, 0.717) is 35.9 Å². The highest BCUT2D eigenvalue weighted by Gasteiger charge is 2.14. The van der Waals surface area contributed by atoms with E-state index in [4.69, 9.17) is 4.42 Å². The number of nitrogens with zero attached hydrogens (tertiary/aromatic N) is 4. The quantitative estimate of drug-likeness (QED) is 0.492. The first-order chi connectivity index (χ1) is 14.6. The van der Waals surface area contributed by atoms with Crippen LogP contribution in [0.1, 0.15) is 33.7 Å². The largest absolute Gasteiger partial charge is 0.454 e. The maximum Gasteiger partial charge on any atom is 0.291 e. The molecule has 0 radical (unpaired) electrons. The summed E-state index contributed by atoms with van der Waals surface area (Å²) in [4.78, 5) is 25.0. The molecule has 0 fully saturated rings. The van der Waals surface area contributed by atoms with Gasteiger partial charge in [-0.2, -0.15) is 10.2 Å². The van der Waals surface area contributed by atoms with Crippen molar-refractivity contribution >= 4 is 23.2 Å². The van der Waals surface area contributed by atoms with Crippen LogP contribution in [-0.2, 0) is 13.1 Å². The van der Waals surface area contributed by atoms with Gasteiger partial charge < -0.3 is 15.1 Å². The van der Waals surface area contributed by atoms with Crippen molar-refractivity contribution < 1.29 is 14.0 Å².